The second-order valence-electron chi connectivity index (χ2n) is 2.66. The van der Waals surface area contributed by atoms with Crippen LogP contribution in [-0.4, -0.2) is 17.3 Å². The fourth-order valence-electron chi connectivity index (χ4n) is 1.03. The molecule has 2 rings (SSSR count). The summed E-state index contributed by atoms with van der Waals surface area (Å²) in [4.78, 5) is 12.3. The average Bonchev–Trinajstić information content (AvgIpc) is 2.84. The lowest BCUT2D eigenvalue weighted by Crippen LogP contribution is -1.96. The van der Waals surface area contributed by atoms with E-state index in [4.69, 9.17) is 9.15 Å². The summed E-state index contributed by atoms with van der Waals surface area (Å²) < 4.78 is 14.5. The van der Waals surface area contributed by atoms with Gasteiger partial charge in [-0.2, -0.15) is 4.37 Å². The Balaban J connectivity index is 2.32. The van der Waals surface area contributed by atoms with Gasteiger partial charge in [0.05, 0.1) is 17.8 Å². The summed E-state index contributed by atoms with van der Waals surface area (Å²) in [5, 5.41) is 0. The standard InChI is InChI=1S/C9H6BrNO3S/c1-13-7-4-6(15-11-7)8(12)9-5(10)2-3-14-9/h2-4H,1H3. The van der Waals surface area contributed by atoms with Gasteiger partial charge in [-0.25, -0.2) is 0 Å². The van der Waals surface area contributed by atoms with Crippen LogP contribution in [0.25, 0.3) is 0 Å². The minimum absolute atomic E-state index is 0.201. The predicted molar refractivity (Wildman–Crippen MR) is 58.5 cm³/mol. The fraction of sp³-hybridized carbons (Fsp3) is 0.111. The second kappa shape index (κ2) is 4.16. The Morgan fingerprint density at radius 1 is 1.67 bits per heavy atom. The number of hydrogen-bond acceptors (Lipinski definition) is 5. The second-order valence-corrected chi connectivity index (χ2v) is 4.32. The summed E-state index contributed by atoms with van der Waals surface area (Å²) >= 11 is 4.31. The summed E-state index contributed by atoms with van der Waals surface area (Å²) in [5.74, 6) is 0.514. The van der Waals surface area contributed by atoms with E-state index in [-0.39, 0.29) is 11.5 Å². The van der Waals surface area contributed by atoms with Gasteiger partial charge in [-0.15, -0.1) is 0 Å². The van der Waals surface area contributed by atoms with Crippen molar-refractivity contribution in [1.82, 2.24) is 4.37 Å². The van der Waals surface area contributed by atoms with Gasteiger partial charge in [-0.05, 0) is 33.5 Å². The van der Waals surface area contributed by atoms with Crippen LogP contribution in [0.4, 0.5) is 0 Å². The van der Waals surface area contributed by atoms with E-state index in [0.717, 1.165) is 11.5 Å². The van der Waals surface area contributed by atoms with E-state index < -0.39 is 0 Å². The monoisotopic (exact) mass is 287 g/mol. The number of furan rings is 1. The van der Waals surface area contributed by atoms with Crippen molar-refractivity contribution in [3.63, 3.8) is 0 Å². The summed E-state index contributed by atoms with van der Waals surface area (Å²) in [5.41, 5.74) is 0. The molecule has 0 saturated heterocycles. The van der Waals surface area contributed by atoms with Crippen molar-refractivity contribution in [2.75, 3.05) is 7.11 Å². The van der Waals surface area contributed by atoms with Crippen molar-refractivity contribution in [2.24, 2.45) is 0 Å². The molecule has 0 aliphatic carbocycles. The van der Waals surface area contributed by atoms with Crippen LogP contribution in [0.5, 0.6) is 5.88 Å². The van der Waals surface area contributed by atoms with Crippen LogP contribution < -0.4 is 4.74 Å². The van der Waals surface area contributed by atoms with Gasteiger partial charge in [0.25, 0.3) is 0 Å². The van der Waals surface area contributed by atoms with Crippen LogP contribution >= 0.6 is 27.5 Å². The minimum Gasteiger partial charge on any atom is -0.480 e. The molecule has 0 aliphatic heterocycles. The zero-order valence-corrected chi connectivity index (χ0v) is 10.1. The highest BCUT2D eigenvalue weighted by molar-refractivity contribution is 9.10. The van der Waals surface area contributed by atoms with Crippen LogP contribution in [0.2, 0.25) is 0 Å². The Kier molecular flexibility index (Phi) is 2.88. The van der Waals surface area contributed by atoms with Gasteiger partial charge in [-0.3, -0.25) is 4.79 Å². The quantitative estimate of drug-likeness (QED) is 0.815. The van der Waals surface area contributed by atoms with Crippen molar-refractivity contribution in [2.45, 2.75) is 0 Å². The first-order valence-corrected chi connectivity index (χ1v) is 5.57. The molecule has 2 aromatic heterocycles. The van der Waals surface area contributed by atoms with Crippen molar-refractivity contribution in [1.29, 1.82) is 0 Å². The molecular weight excluding hydrogens is 282 g/mol. The molecule has 0 fully saturated rings. The SMILES string of the molecule is COc1cc(C(=O)c2occc2Br)sn1. The normalized spacial score (nSPS) is 10.3. The Hall–Kier alpha value is -1.14. The summed E-state index contributed by atoms with van der Waals surface area (Å²) in [6.07, 6.45) is 1.45. The lowest BCUT2D eigenvalue weighted by Gasteiger charge is -1.92. The lowest BCUT2D eigenvalue weighted by molar-refractivity contribution is 0.101. The molecule has 0 aliphatic rings. The van der Waals surface area contributed by atoms with Crippen LogP contribution in [0.1, 0.15) is 15.4 Å². The Bertz CT molecular complexity index is 491. The van der Waals surface area contributed by atoms with Gasteiger partial charge in [0.1, 0.15) is 4.88 Å². The largest absolute Gasteiger partial charge is 0.480 e. The van der Waals surface area contributed by atoms with Gasteiger partial charge >= 0.3 is 0 Å². The zero-order valence-electron chi connectivity index (χ0n) is 7.69. The van der Waals surface area contributed by atoms with Gasteiger partial charge < -0.3 is 9.15 Å². The molecule has 0 amide bonds. The van der Waals surface area contributed by atoms with E-state index >= 15 is 0 Å². The Morgan fingerprint density at radius 3 is 3.00 bits per heavy atom. The number of halogens is 1. The molecular formula is C9H6BrNO3S. The molecule has 0 spiro atoms. The summed E-state index contributed by atoms with van der Waals surface area (Å²) in [6, 6.07) is 3.26. The maximum atomic E-state index is 11.8. The summed E-state index contributed by atoms with van der Waals surface area (Å²) in [6.45, 7) is 0. The maximum absolute atomic E-state index is 11.8. The molecule has 0 radical (unpaired) electrons. The van der Waals surface area contributed by atoms with Crippen LogP contribution in [0, 0.1) is 0 Å². The van der Waals surface area contributed by atoms with E-state index in [1.54, 1.807) is 12.1 Å². The predicted octanol–water partition coefficient (Wildman–Crippen LogP) is 2.74. The van der Waals surface area contributed by atoms with E-state index in [2.05, 4.69) is 20.3 Å². The van der Waals surface area contributed by atoms with Crippen molar-refractivity contribution < 1.29 is 13.9 Å². The smallest absolute Gasteiger partial charge is 0.241 e. The lowest BCUT2D eigenvalue weighted by atomic mass is 10.2. The minimum atomic E-state index is -0.201. The number of carbonyl (C=O) groups excluding carboxylic acids is 1. The van der Waals surface area contributed by atoms with E-state index in [0.29, 0.717) is 15.2 Å². The third-order valence-electron chi connectivity index (χ3n) is 1.74. The van der Waals surface area contributed by atoms with Gasteiger partial charge in [0.2, 0.25) is 11.7 Å². The number of aromatic nitrogens is 1. The molecule has 0 bridgehead atoms. The van der Waals surface area contributed by atoms with Crippen molar-refractivity contribution in [3.8, 4) is 5.88 Å². The average molecular weight is 288 g/mol. The third-order valence-corrected chi connectivity index (χ3v) is 3.14. The van der Waals surface area contributed by atoms with Gasteiger partial charge in [0, 0.05) is 6.07 Å². The molecule has 0 saturated carbocycles. The van der Waals surface area contributed by atoms with E-state index in [1.807, 2.05) is 0 Å². The number of ether oxygens (including phenoxy) is 1. The molecule has 0 N–H and O–H groups in total. The zero-order chi connectivity index (χ0) is 10.8. The first-order valence-electron chi connectivity index (χ1n) is 4.00. The number of methoxy groups -OCH3 is 1. The van der Waals surface area contributed by atoms with Crippen molar-refractivity contribution >= 4 is 33.2 Å². The number of nitrogens with zero attached hydrogens (tertiary/aromatic N) is 1. The highest BCUT2D eigenvalue weighted by atomic mass is 79.9. The van der Waals surface area contributed by atoms with Gasteiger partial charge in [-0.1, -0.05) is 0 Å². The third kappa shape index (κ3) is 1.95. The first-order chi connectivity index (χ1) is 7.22. The van der Waals surface area contributed by atoms with E-state index in [9.17, 15) is 4.79 Å². The highest BCUT2D eigenvalue weighted by Gasteiger charge is 2.18. The molecule has 4 nitrogen and oxygen atoms in total. The number of rotatable bonds is 3. The highest BCUT2D eigenvalue weighted by Crippen LogP contribution is 2.24. The number of ketones is 1. The molecule has 0 unspecified atom stereocenters. The van der Waals surface area contributed by atoms with E-state index in [1.165, 1.54) is 13.4 Å². The Labute approximate surface area is 98.2 Å². The number of hydrogen-bond donors (Lipinski definition) is 0. The van der Waals surface area contributed by atoms with Crippen molar-refractivity contribution in [3.05, 3.63) is 33.5 Å². The summed E-state index contributed by atoms with van der Waals surface area (Å²) in [7, 11) is 1.51. The fourth-order valence-corrected chi connectivity index (χ4v) is 2.06. The molecule has 0 atom stereocenters. The molecule has 2 heterocycles. The molecule has 0 aromatic carbocycles. The molecule has 15 heavy (non-hydrogen) atoms. The topological polar surface area (TPSA) is 52.3 Å². The van der Waals surface area contributed by atoms with Crippen LogP contribution in [0.15, 0.2) is 27.3 Å². The molecule has 2 aromatic rings. The maximum Gasteiger partial charge on any atom is 0.241 e. The Morgan fingerprint density at radius 2 is 2.47 bits per heavy atom. The molecule has 6 heteroatoms. The molecule has 78 valence electrons. The first kappa shape index (κ1) is 10.4. The van der Waals surface area contributed by atoms with Crippen LogP contribution in [0.3, 0.4) is 0 Å². The van der Waals surface area contributed by atoms with Crippen LogP contribution in [-0.2, 0) is 0 Å². The number of carbonyl (C=O) groups is 1. The van der Waals surface area contributed by atoms with Gasteiger partial charge in [0.15, 0.2) is 5.76 Å².